The summed E-state index contributed by atoms with van der Waals surface area (Å²) in [5, 5.41) is 2.24. The van der Waals surface area contributed by atoms with E-state index in [0.717, 1.165) is 46.2 Å². The highest BCUT2D eigenvalue weighted by Crippen LogP contribution is 2.61. The minimum atomic E-state index is -0.702. The fourth-order valence-corrected chi connectivity index (χ4v) is 9.83. The van der Waals surface area contributed by atoms with Gasteiger partial charge in [-0.1, -0.05) is 176 Å². The van der Waals surface area contributed by atoms with Gasteiger partial charge < -0.3 is 9.32 Å². The molecule has 0 fully saturated rings. The molecule has 0 atom stereocenters. The van der Waals surface area contributed by atoms with Crippen molar-refractivity contribution in [2.75, 3.05) is 4.90 Å². The van der Waals surface area contributed by atoms with Gasteiger partial charge in [0.2, 0.25) is 0 Å². The van der Waals surface area contributed by atoms with Crippen LogP contribution >= 0.6 is 0 Å². The van der Waals surface area contributed by atoms with E-state index in [1.165, 1.54) is 61.4 Å². The van der Waals surface area contributed by atoms with Crippen LogP contribution in [0.2, 0.25) is 0 Å². The Morgan fingerprint density at radius 2 is 1.17 bits per heavy atom. The van der Waals surface area contributed by atoms with Gasteiger partial charge in [0, 0.05) is 40.6 Å². The summed E-state index contributed by atoms with van der Waals surface area (Å²) in [6.45, 7) is 0. The van der Waals surface area contributed by atoms with Crippen molar-refractivity contribution in [1.82, 2.24) is 0 Å². The number of para-hydroxylation sites is 1. The Kier molecular flexibility index (Phi) is 8.60. The lowest BCUT2D eigenvalue weighted by molar-refractivity contribution is 0.667. The maximum absolute atomic E-state index is 6.82. The molecule has 1 aromatic heterocycles. The zero-order valence-corrected chi connectivity index (χ0v) is 32.7. The third kappa shape index (κ3) is 5.73. The molecule has 0 saturated carbocycles. The van der Waals surface area contributed by atoms with E-state index in [0.29, 0.717) is 12.8 Å². The van der Waals surface area contributed by atoms with Gasteiger partial charge in [-0.3, -0.25) is 0 Å². The molecule has 0 aliphatic heterocycles. The van der Waals surface area contributed by atoms with Crippen molar-refractivity contribution in [3.63, 3.8) is 0 Å². The molecule has 8 aromatic rings. The average Bonchev–Trinajstić information content (AvgIpc) is 3.82. The van der Waals surface area contributed by atoms with E-state index in [-0.39, 0.29) is 0 Å². The normalized spacial score (nSPS) is 16.6. The quantitative estimate of drug-likeness (QED) is 0.151. The van der Waals surface area contributed by atoms with Gasteiger partial charge in [-0.15, -0.1) is 0 Å². The first kappa shape index (κ1) is 34.9. The van der Waals surface area contributed by atoms with Crippen molar-refractivity contribution in [3.05, 3.63) is 234 Å². The van der Waals surface area contributed by atoms with Crippen molar-refractivity contribution in [3.8, 4) is 34.1 Å². The molecule has 280 valence electrons. The second-order valence-electron chi connectivity index (χ2n) is 15.6. The predicted octanol–water partition coefficient (Wildman–Crippen LogP) is 14.7. The van der Waals surface area contributed by atoms with Crippen molar-refractivity contribution >= 4 is 38.9 Å². The monoisotopic (exact) mass is 755 g/mol. The second kappa shape index (κ2) is 14.6. The number of allylic oxidation sites excluding steroid dienone is 8. The predicted molar refractivity (Wildman–Crippen MR) is 245 cm³/mol. The van der Waals surface area contributed by atoms with Crippen molar-refractivity contribution in [1.29, 1.82) is 0 Å². The molecule has 3 aliphatic carbocycles. The van der Waals surface area contributed by atoms with Crippen LogP contribution in [0.25, 0.3) is 49.8 Å². The van der Waals surface area contributed by atoms with Crippen LogP contribution < -0.4 is 4.90 Å². The minimum Gasteiger partial charge on any atom is -0.456 e. The van der Waals surface area contributed by atoms with Gasteiger partial charge in [-0.25, -0.2) is 0 Å². The summed E-state index contributed by atoms with van der Waals surface area (Å²) >= 11 is 0. The number of hydrogen-bond acceptors (Lipinski definition) is 2. The van der Waals surface area contributed by atoms with E-state index in [4.69, 9.17) is 4.42 Å². The van der Waals surface area contributed by atoms with Gasteiger partial charge in [0.1, 0.15) is 11.2 Å². The Hall–Kier alpha value is -7.34. The first-order valence-electron chi connectivity index (χ1n) is 20.7. The number of hydrogen-bond donors (Lipinski definition) is 0. The Balaban J connectivity index is 1.26. The summed E-state index contributed by atoms with van der Waals surface area (Å²) in [4.78, 5) is 2.54. The van der Waals surface area contributed by atoms with Crippen LogP contribution in [-0.2, 0) is 5.41 Å². The molecular weight excluding hydrogens is 715 g/mol. The fraction of sp³-hybridized carbons (Fsp3) is 0.0877. The first-order chi connectivity index (χ1) is 29.3. The molecule has 1 heterocycles. The standard InChI is InChI=1S/C57H41NO/c1-2-10-22-44(23-11-3-1)57(50-27-15-12-24-47(50)48-25-13-16-28-51(48)57)56-52(38-39-54-55(56)49-26-14-17-29-53(49)59-54)58(45-34-30-42(31-35-45)40-18-6-4-7-19-40)46-36-32-43(33-37-46)41-20-8-5-9-21-41/h4-10,12-32,34-36,38-39H,2,11,33,37H2/b22-10-,44-23+. The smallest absolute Gasteiger partial charge is 0.135 e. The van der Waals surface area contributed by atoms with Crippen molar-refractivity contribution in [2.45, 2.75) is 31.1 Å². The second-order valence-corrected chi connectivity index (χ2v) is 15.6. The highest BCUT2D eigenvalue weighted by Gasteiger charge is 2.50. The van der Waals surface area contributed by atoms with Crippen LogP contribution in [0.15, 0.2) is 216 Å². The fourth-order valence-electron chi connectivity index (χ4n) is 9.83. The molecule has 0 radical (unpaired) electrons. The van der Waals surface area contributed by atoms with Crippen LogP contribution in [0, 0.1) is 11.8 Å². The van der Waals surface area contributed by atoms with E-state index in [2.05, 4.69) is 217 Å². The lowest BCUT2D eigenvalue weighted by atomic mass is 9.65. The Morgan fingerprint density at radius 1 is 0.525 bits per heavy atom. The van der Waals surface area contributed by atoms with Gasteiger partial charge in [-0.05, 0) is 99.3 Å². The van der Waals surface area contributed by atoms with Crippen molar-refractivity contribution < 1.29 is 4.42 Å². The van der Waals surface area contributed by atoms with Crippen LogP contribution in [0.5, 0.6) is 0 Å². The van der Waals surface area contributed by atoms with Crippen LogP contribution in [-0.4, -0.2) is 0 Å². The highest BCUT2D eigenvalue weighted by molar-refractivity contribution is 6.11. The van der Waals surface area contributed by atoms with Crippen LogP contribution in [0.4, 0.5) is 11.4 Å². The SMILES string of the molecule is C1#CC/C=C(C2(c3c(N(C4=CC=C(c5ccccc5)CC4)c4ccc(-c5ccccc5)cc4)ccc4oc5ccccc5c34)c3ccccc3-c3ccccc32)\C=C/C1. The average molecular weight is 756 g/mol. The molecule has 0 N–H and O–H groups in total. The Labute approximate surface area is 345 Å². The van der Waals surface area contributed by atoms with E-state index < -0.39 is 5.41 Å². The molecule has 0 amide bonds. The lowest BCUT2D eigenvalue weighted by Gasteiger charge is -2.40. The zero-order valence-electron chi connectivity index (χ0n) is 32.7. The number of anilines is 2. The number of rotatable bonds is 7. The molecule has 2 nitrogen and oxygen atoms in total. The van der Waals surface area contributed by atoms with E-state index in [1.807, 2.05) is 0 Å². The largest absolute Gasteiger partial charge is 0.456 e. The highest BCUT2D eigenvalue weighted by atomic mass is 16.3. The third-order valence-electron chi connectivity index (χ3n) is 12.4. The number of benzene rings is 7. The van der Waals surface area contributed by atoms with Gasteiger partial charge >= 0.3 is 0 Å². The topological polar surface area (TPSA) is 16.4 Å². The molecule has 3 aliphatic rings. The van der Waals surface area contributed by atoms with E-state index in [1.54, 1.807) is 0 Å². The van der Waals surface area contributed by atoms with E-state index >= 15 is 0 Å². The molecule has 59 heavy (non-hydrogen) atoms. The summed E-state index contributed by atoms with van der Waals surface area (Å²) in [5.41, 5.74) is 17.1. The van der Waals surface area contributed by atoms with Crippen molar-refractivity contribution in [2.24, 2.45) is 0 Å². The van der Waals surface area contributed by atoms with Gasteiger partial charge in [0.15, 0.2) is 0 Å². The zero-order chi connectivity index (χ0) is 39.2. The lowest BCUT2D eigenvalue weighted by Crippen LogP contribution is -2.32. The van der Waals surface area contributed by atoms with Gasteiger partial charge in [-0.2, -0.15) is 0 Å². The summed E-state index contributed by atoms with van der Waals surface area (Å²) < 4.78 is 6.82. The molecular formula is C57H41NO. The first-order valence-corrected chi connectivity index (χ1v) is 20.7. The molecule has 11 rings (SSSR count). The summed E-state index contributed by atoms with van der Waals surface area (Å²) in [6, 6.07) is 61.7. The van der Waals surface area contributed by atoms with E-state index in [9.17, 15) is 0 Å². The third-order valence-corrected chi connectivity index (χ3v) is 12.4. The number of fused-ring (bicyclic) bond motifs is 6. The molecule has 0 saturated heterocycles. The maximum Gasteiger partial charge on any atom is 0.135 e. The Morgan fingerprint density at radius 3 is 1.90 bits per heavy atom. The summed E-state index contributed by atoms with van der Waals surface area (Å²) in [6.07, 6.45) is 14.9. The van der Waals surface area contributed by atoms with Gasteiger partial charge in [0.05, 0.1) is 11.1 Å². The summed E-state index contributed by atoms with van der Waals surface area (Å²) in [5.74, 6) is 6.80. The van der Waals surface area contributed by atoms with Gasteiger partial charge in [0.25, 0.3) is 0 Å². The Bertz CT molecular complexity index is 3050. The molecule has 0 spiro atoms. The van der Waals surface area contributed by atoms with Crippen LogP contribution in [0.1, 0.15) is 47.9 Å². The molecule has 2 heteroatoms. The maximum atomic E-state index is 6.82. The molecule has 0 bridgehead atoms. The number of nitrogens with zero attached hydrogens (tertiary/aromatic N) is 1. The minimum absolute atomic E-state index is 0.673. The molecule has 7 aromatic carbocycles. The summed E-state index contributed by atoms with van der Waals surface area (Å²) in [7, 11) is 0. The number of furan rings is 1. The van der Waals surface area contributed by atoms with Crippen LogP contribution in [0.3, 0.4) is 0 Å². The molecule has 0 unspecified atom stereocenters.